The average molecular weight is 973 g/mol. The molecule has 0 N–H and O–H groups in total. The highest BCUT2D eigenvalue weighted by Crippen LogP contribution is 2.57. The third-order valence-corrected chi connectivity index (χ3v) is 17.3. The summed E-state index contributed by atoms with van der Waals surface area (Å²) in [5.74, 6) is 0. The van der Waals surface area contributed by atoms with Gasteiger partial charge < -0.3 is 9.80 Å². The van der Waals surface area contributed by atoms with E-state index in [4.69, 9.17) is 0 Å². The molecule has 0 unspecified atom stereocenters. The van der Waals surface area contributed by atoms with E-state index in [0.29, 0.717) is 0 Å². The van der Waals surface area contributed by atoms with Crippen LogP contribution in [-0.4, -0.2) is 0 Å². The standard InChI is InChI=1S/C74H56N2/c1-45-38-62(72-48(4)39-69(65-43-51-23-14-18-32-58(51)74(65)72)75(53-25-7-5-8-26-53)67-35-19-33-59-55-29-15-11-21-49(55)41-63(59)67)46(2)37-61(45)71-47(3)40-70(73-57-31-17-13-24-52(57)44-66(71)73)76(54-27-9-6-10-28-54)68-36-20-34-60-56-30-16-12-22-50(56)42-64(60)68/h5-40H,41-44H2,1-4H3. The summed E-state index contributed by atoms with van der Waals surface area (Å²) < 4.78 is 0. The topological polar surface area (TPSA) is 6.48 Å². The van der Waals surface area contributed by atoms with E-state index in [1.807, 2.05) is 0 Å². The van der Waals surface area contributed by atoms with Crippen molar-refractivity contribution in [3.8, 4) is 66.8 Å². The number of hydrogen-bond donors (Lipinski definition) is 0. The van der Waals surface area contributed by atoms with Crippen LogP contribution in [0.4, 0.5) is 34.1 Å². The van der Waals surface area contributed by atoms with Gasteiger partial charge in [-0.15, -0.1) is 0 Å². The van der Waals surface area contributed by atoms with Crippen LogP contribution in [0.1, 0.15) is 66.8 Å². The SMILES string of the molecule is Cc1cc(-c2c(C)cc(N(c3ccccc3)c3cccc4c3Cc3ccccc3-4)c3c2-c2ccccc2C3)c(C)cc1-c1c(C)cc(N(c2ccccc2)c2cccc3c2Cc2ccccc2-3)c2c1Cc1ccccc1-2. The molecule has 0 heterocycles. The monoisotopic (exact) mass is 972 g/mol. The van der Waals surface area contributed by atoms with E-state index < -0.39 is 0 Å². The van der Waals surface area contributed by atoms with Crippen LogP contribution in [-0.2, 0) is 25.7 Å². The van der Waals surface area contributed by atoms with Crippen molar-refractivity contribution in [1.82, 2.24) is 0 Å². The fraction of sp³-hybridized carbons (Fsp3) is 0.108. The van der Waals surface area contributed by atoms with E-state index in [0.717, 1.165) is 25.7 Å². The number of nitrogens with zero attached hydrogens (tertiary/aromatic N) is 2. The first-order chi connectivity index (χ1) is 37.4. The zero-order valence-corrected chi connectivity index (χ0v) is 43.5. The van der Waals surface area contributed by atoms with Crippen LogP contribution in [0.15, 0.2) is 218 Å². The predicted octanol–water partition coefficient (Wildman–Crippen LogP) is 19.5. The summed E-state index contributed by atoms with van der Waals surface area (Å²) in [7, 11) is 0. The smallest absolute Gasteiger partial charge is 0.0546 e. The Kier molecular flexibility index (Phi) is 10.1. The third-order valence-electron chi connectivity index (χ3n) is 17.3. The van der Waals surface area contributed by atoms with Crippen LogP contribution in [0.2, 0.25) is 0 Å². The Morgan fingerprint density at radius 3 is 1.16 bits per heavy atom. The van der Waals surface area contributed by atoms with E-state index in [2.05, 4.69) is 256 Å². The number of benzene rings is 11. The van der Waals surface area contributed by atoms with Crippen molar-refractivity contribution in [1.29, 1.82) is 0 Å². The molecule has 2 nitrogen and oxygen atoms in total. The van der Waals surface area contributed by atoms with Crippen LogP contribution in [0.3, 0.4) is 0 Å². The minimum atomic E-state index is 0.875. The van der Waals surface area contributed by atoms with Gasteiger partial charge in [0.1, 0.15) is 0 Å². The molecule has 0 saturated carbocycles. The van der Waals surface area contributed by atoms with E-state index in [9.17, 15) is 0 Å². The van der Waals surface area contributed by atoms with E-state index in [-0.39, 0.29) is 0 Å². The second-order valence-electron chi connectivity index (χ2n) is 21.6. The number of hydrogen-bond acceptors (Lipinski definition) is 2. The maximum Gasteiger partial charge on any atom is 0.0546 e. The molecule has 0 aromatic heterocycles. The second-order valence-corrected chi connectivity index (χ2v) is 21.6. The molecule has 0 amide bonds. The fourth-order valence-corrected chi connectivity index (χ4v) is 14.0. The van der Waals surface area contributed by atoms with Crippen molar-refractivity contribution in [3.63, 3.8) is 0 Å². The third kappa shape index (κ3) is 6.73. The molecule has 2 heteroatoms. The molecule has 0 radical (unpaired) electrons. The van der Waals surface area contributed by atoms with Gasteiger partial charge >= 0.3 is 0 Å². The summed E-state index contributed by atoms with van der Waals surface area (Å²) in [5, 5.41) is 0. The Balaban J connectivity index is 0.906. The lowest BCUT2D eigenvalue weighted by Crippen LogP contribution is -2.15. The van der Waals surface area contributed by atoms with E-state index in [1.54, 1.807) is 0 Å². The van der Waals surface area contributed by atoms with Crippen LogP contribution < -0.4 is 9.80 Å². The summed E-state index contributed by atoms with van der Waals surface area (Å²) in [5.41, 5.74) is 39.7. The van der Waals surface area contributed by atoms with E-state index in [1.165, 1.54) is 168 Å². The second kappa shape index (κ2) is 17.3. The van der Waals surface area contributed by atoms with Gasteiger partial charge in [-0.05, 0) is 211 Å². The average Bonchev–Trinajstić information content (AvgIpc) is 4.30. The van der Waals surface area contributed by atoms with Gasteiger partial charge in [0.25, 0.3) is 0 Å². The van der Waals surface area contributed by atoms with Gasteiger partial charge in [-0.3, -0.25) is 0 Å². The molecule has 76 heavy (non-hydrogen) atoms. The van der Waals surface area contributed by atoms with Crippen molar-refractivity contribution in [2.24, 2.45) is 0 Å². The minimum absolute atomic E-state index is 0.875. The molecule has 4 aliphatic rings. The first kappa shape index (κ1) is 44.5. The van der Waals surface area contributed by atoms with Gasteiger partial charge in [-0.1, -0.05) is 170 Å². The predicted molar refractivity (Wildman–Crippen MR) is 319 cm³/mol. The van der Waals surface area contributed by atoms with Gasteiger partial charge in [0.2, 0.25) is 0 Å². The van der Waals surface area contributed by atoms with Gasteiger partial charge in [0, 0.05) is 36.2 Å². The first-order valence-corrected chi connectivity index (χ1v) is 27.1. The summed E-state index contributed by atoms with van der Waals surface area (Å²) in [4.78, 5) is 5.14. The fourth-order valence-electron chi connectivity index (χ4n) is 14.0. The molecule has 0 saturated heterocycles. The highest BCUT2D eigenvalue weighted by atomic mass is 15.2. The molecule has 11 aromatic rings. The number of para-hydroxylation sites is 2. The number of fused-ring (bicyclic) bond motifs is 12. The van der Waals surface area contributed by atoms with Crippen LogP contribution in [0.5, 0.6) is 0 Å². The van der Waals surface area contributed by atoms with Gasteiger partial charge in [0.15, 0.2) is 0 Å². The highest BCUT2D eigenvalue weighted by molar-refractivity contribution is 6.03. The molecular weight excluding hydrogens is 917 g/mol. The lowest BCUT2D eigenvalue weighted by atomic mass is 9.82. The van der Waals surface area contributed by atoms with Crippen LogP contribution in [0, 0.1) is 27.7 Å². The molecule has 15 rings (SSSR count). The van der Waals surface area contributed by atoms with Crippen molar-refractivity contribution >= 4 is 34.1 Å². The summed E-state index contributed by atoms with van der Waals surface area (Å²) in [6, 6.07) is 82.1. The van der Waals surface area contributed by atoms with Crippen molar-refractivity contribution in [2.45, 2.75) is 53.4 Å². The zero-order valence-electron chi connectivity index (χ0n) is 43.5. The number of anilines is 6. The zero-order chi connectivity index (χ0) is 50.8. The molecular formula is C74H56N2. The molecule has 362 valence electrons. The Bertz CT molecular complexity index is 4220. The number of rotatable bonds is 8. The molecule has 0 aliphatic heterocycles. The quantitative estimate of drug-likeness (QED) is 0.150. The van der Waals surface area contributed by atoms with Gasteiger partial charge in [-0.25, -0.2) is 0 Å². The molecule has 11 aromatic carbocycles. The lowest BCUT2D eigenvalue weighted by molar-refractivity contribution is 1.16. The summed E-state index contributed by atoms with van der Waals surface area (Å²) in [6.07, 6.45) is 3.59. The maximum absolute atomic E-state index is 2.57. The number of aryl methyl sites for hydroxylation is 4. The largest absolute Gasteiger partial charge is 0.310 e. The molecule has 0 bridgehead atoms. The Morgan fingerprint density at radius 1 is 0.237 bits per heavy atom. The summed E-state index contributed by atoms with van der Waals surface area (Å²) >= 11 is 0. The normalized spacial score (nSPS) is 12.8. The maximum atomic E-state index is 2.57. The lowest BCUT2D eigenvalue weighted by Gasteiger charge is -2.32. The Hall–Kier alpha value is -8.98. The summed E-state index contributed by atoms with van der Waals surface area (Å²) in [6.45, 7) is 9.41. The van der Waals surface area contributed by atoms with Gasteiger partial charge in [0.05, 0.1) is 22.7 Å². The van der Waals surface area contributed by atoms with Crippen LogP contribution in [0.25, 0.3) is 66.8 Å². The minimum Gasteiger partial charge on any atom is -0.310 e. The van der Waals surface area contributed by atoms with Gasteiger partial charge in [-0.2, -0.15) is 0 Å². The molecule has 4 aliphatic carbocycles. The Labute approximate surface area is 446 Å². The van der Waals surface area contributed by atoms with Crippen LogP contribution >= 0.6 is 0 Å². The molecule has 0 fully saturated rings. The van der Waals surface area contributed by atoms with Crippen molar-refractivity contribution in [3.05, 3.63) is 285 Å². The molecule has 0 atom stereocenters. The van der Waals surface area contributed by atoms with Crippen molar-refractivity contribution < 1.29 is 0 Å². The highest BCUT2D eigenvalue weighted by Gasteiger charge is 2.35. The Morgan fingerprint density at radius 2 is 0.618 bits per heavy atom. The van der Waals surface area contributed by atoms with E-state index >= 15 is 0 Å². The first-order valence-electron chi connectivity index (χ1n) is 27.1. The molecule has 0 spiro atoms. The van der Waals surface area contributed by atoms with Crippen molar-refractivity contribution in [2.75, 3.05) is 9.80 Å².